The lowest BCUT2D eigenvalue weighted by Gasteiger charge is -2.35. The van der Waals surface area contributed by atoms with E-state index in [4.69, 9.17) is 9.94 Å². The molecule has 0 radical (unpaired) electrons. The minimum Gasteiger partial charge on any atom is -0.390 e. The number of hydrogen-bond acceptors (Lipinski definition) is 4. The molecule has 1 rings (SSSR count). The topological polar surface area (TPSA) is 44.7 Å². The van der Waals surface area contributed by atoms with Crippen molar-refractivity contribution in [1.82, 2.24) is 10.4 Å². The first-order valence-corrected chi connectivity index (χ1v) is 3.58. The quantitative estimate of drug-likeness (QED) is 0.401. The summed E-state index contributed by atoms with van der Waals surface area (Å²) >= 11 is 0. The van der Waals surface area contributed by atoms with E-state index in [9.17, 15) is 0 Å². The molecule has 1 fully saturated rings. The first-order valence-electron chi connectivity index (χ1n) is 3.58. The third-order valence-electron chi connectivity index (χ3n) is 1.47. The van der Waals surface area contributed by atoms with Crippen LogP contribution in [0.4, 0.5) is 0 Å². The Bertz CT molecular complexity index is 93.7. The molecule has 10 heavy (non-hydrogen) atoms. The predicted molar refractivity (Wildman–Crippen MR) is 37.2 cm³/mol. The summed E-state index contributed by atoms with van der Waals surface area (Å²) < 4.78 is 0. The average molecular weight is 146 g/mol. The number of nitrogens with zero attached hydrogens (tertiary/aromatic N) is 1. The van der Waals surface area contributed by atoms with Gasteiger partial charge in [-0.1, -0.05) is 0 Å². The Morgan fingerprint density at radius 3 is 2.90 bits per heavy atom. The largest absolute Gasteiger partial charge is 0.390 e. The zero-order valence-corrected chi connectivity index (χ0v) is 6.21. The fourth-order valence-electron chi connectivity index (χ4n) is 0.911. The highest BCUT2D eigenvalue weighted by Crippen LogP contribution is 2.03. The first kappa shape index (κ1) is 7.94. The van der Waals surface area contributed by atoms with Crippen LogP contribution >= 0.6 is 0 Å². The van der Waals surface area contributed by atoms with Crippen molar-refractivity contribution in [2.45, 2.75) is 13.0 Å². The van der Waals surface area contributed by atoms with Gasteiger partial charge in [0.05, 0.1) is 19.4 Å². The molecule has 60 valence electrons. The molecule has 2 N–H and O–H groups in total. The second-order valence-corrected chi connectivity index (χ2v) is 2.43. The molecule has 0 aliphatic carbocycles. The zero-order valence-electron chi connectivity index (χ0n) is 6.21. The zero-order chi connectivity index (χ0) is 7.40. The Morgan fingerprint density at radius 1 is 1.70 bits per heavy atom. The number of hydrogen-bond donors (Lipinski definition) is 2. The lowest BCUT2D eigenvalue weighted by atomic mass is 10.2. The Balaban J connectivity index is 1.86. The molecule has 0 bridgehead atoms. The summed E-state index contributed by atoms with van der Waals surface area (Å²) in [6, 6.07) is 0. The van der Waals surface area contributed by atoms with E-state index in [0.717, 1.165) is 13.1 Å². The molecule has 0 spiro atoms. The SMILES string of the molecule is CCONCN1CC(O)C1. The van der Waals surface area contributed by atoms with Gasteiger partial charge in [-0.3, -0.25) is 4.90 Å². The van der Waals surface area contributed by atoms with Crippen molar-refractivity contribution in [3.8, 4) is 0 Å². The average Bonchev–Trinajstić information content (AvgIpc) is 1.85. The van der Waals surface area contributed by atoms with Crippen molar-refractivity contribution < 1.29 is 9.94 Å². The number of β-amino-alcohol motifs (C(OH)–C–C–N with tert-alkyl or cyclic N) is 1. The van der Waals surface area contributed by atoms with Gasteiger partial charge >= 0.3 is 0 Å². The monoisotopic (exact) mass is 146 g/mol. The Hall–Kier alpha value is -0.160. The molecule has 1 aliphatic rings. The third-order valence-corrected chi connectivity index (χ3v) is 1.47. The van der Waals surface area contributed by atoms with Crippen molar-refractivity contribution in [3.63, 3.8) is 0 Å². The number of hydroxylamine groups is 1. The van der Waals surface area contributed by atoms with Crippen LogP contribution in [0, 0.1) is 0 Å². The fraction of sp³-hybridized carbons (Fsp3) is 1.00. The molecule has 0 atom stereocenters. The summed E-state index contributed by atoms with van der Waals surface area (Å²) in [5, 5.41) is 8.86. The molecule has 0 aromatic rings. The van der Waals surface area contributed by atoms with Crippen molar-refractivity contribution in [2.24, 2.45) is 0 Å². The molecule has 1 saturated heterocycles. The summed E-state index contributed by atoms with van der Waals surface area (Å²) in [6.45, 7) is 4.85. The summed E-state index contributed by atoms with van der Waals surface area (Å²) in [7, 11) is 0. The molecule has 0 unspecified atom stereocenters. The van der Waals surface area contributed by atoms with Crippen LogP contribution in [0.3, 0.4) is 0 Å². The maximum atomic E-state index is 8.86. The molecule has 4 nitrogen and oxygen atoms in total. The smallest absolute Gasteiger partial charge is 0.0794 e. The number of aliphatic hydroxyl groups excluding tert-OH is 1. The highest BCUT2D eigenvalue weighted by Gasteiger charge is 2.23. The van der Waals surface area contributed by atoms with E-state index in [1.807, 2.05) is 6.92 Å². The highest BCUT2D eigenvalue weighted by atomic mass is 16.6. The van der Waals surface area contributed by atoms with Crippen molar-refractivity contribution in [3.05, 3.63) is 0 Å². The minimum absolute atomic E-state index is 0.122. The number of aliphatic hydroxyl groups is 1. The fourth-order valence-corrected chi connectivity index (χ4v) is 0.911. The van der Waals surface area contributed by atoms with Gasteiger partial charge in [0, 0.05) is 13.1 Å². The van der Waals surface area contributed by atoms with Crippen LogP contribution in [-0.4, -0.2) is 42.5 Å². The molecule has 4 heteroatoms. The Labute approximate surface area is 60.7 Å². The minimum atomic E-state index is -0.122. The van der Waals surface area contributed by atoms with Gasteiger partial charge in [-0.2, -0.15) is 5.48 Å². The molecule has 0 aromatic carbocycles. The number of nitrogens with one attached hydrogen (secondary N) is 1. The van der Waals surface area contributed by atoms with Gasteiger partial charge < -0.3 is 9.94 Å². The van der Waals surface area contributed by atoms with Crippen LogP contribution in [0.5, 0.6) is 0 Å². The third kappa shape index (κ3) is 2.22. The maximum absolute atomic E-state index is 8.86. The van der Waals surface area contributed by atoms with Crippen LogP contribution in [0.15, 0.2) is 0 Å². The summed E-state index contributed by atoms with van der Waals surface area (Å²) in [4.78, 5) is 6.97. The second kappa shape index (κ2) is 3.88. The lowest BCUT2D eigenvalue weighted by molar-refractivity contribution is -0.0487. The van der Waals surface area contributed by atoms with E-state index < -0.39 is 0 Å². The van der Waals surface area contributed by atoms with Gasteiger partial charge in [-0.25, -0.2) is 0 Å². The van der Waals surface area contributed by atoms with E-state index in [0.29, 0.717) is 13.3 Å². The molecular weight excluding hydrogens is 132 g/mol. The normalized spacial score (nSPS) is 21.0. The van der Waals surface area contributed by atoms with Gasteiger partial charge in [0.25, 0.3) is 0 Å². The standard InChI is InChI=1S/C6H14N2O2/c1-2-10-7-5-8-3-6(9)4-8/h6-7,9H,2-5H2,1H3. The van der Waals surface area contributed by atoms with Gasteiger partial charge in [0.15, 0.2) is 0 Å². The first-order chi connectivity index (χ1) is 4.83. The van der Waals surface area contributed by atoms with E-state index in [1.54, 1.807) is 0 Å². The number of likely N-dealkylation sites (tertiary alicyclic amines) is 1. The van der Waals surface area contributed by atoms with Crippen LogP contribution in [-0.2, 0) is 4.84 Å². The van der Waals surface area contributed by atoms with Gasteiger partial charge in [0.2, 0.25) is 0 Å². The molecule has 0 aromatic heterocycles. The molecule has 0 amide bonds. The van der Waals surface area contributed by atoms with Crippen LogP contribution in [0.25, 0.3) is 0 Å². The van der Waals surface area contributed by atoms with Crippen molar-refractivity contribution in [2.75, 3.05) is 26.4 Å². The van der Waals surface area contributed by atoms with Crippen LogP contribution < -0.4 is 5.48 Å². The van der Waals surface area contributed by atoms with Crippen LogP contribution in [0.1, 0.15) is 6.92 Å². The Kier molecular flexibility index (Phi) is 3.08. The van der Waals surface area contributed by atoms with E-state index in [-0.39, 0.29) is 6.10 Å². The van der Waals surface area contributed by atoms with Gasteiger partial charge in [0.1, 0.15) is 0 Å². The van der Waals surface area contributed by atoms with Gasteiger partial charge in [-0.15, -0.1) is 0 Å². The van der Waals surface area contributed by atoms with Crippen LogP contribution in [0.2, 0.25) is 0 Å². The Morgan fingerprint density at radius 2 is 2.40 bits per heavy atom. The van der Waals surface area contributed by atoms with Crippen molar-refractivity contribution >= 4 is 0 Å². The summed E-state index contributed by atoms with van der Waals surface area (Å²) in [5.41, 5.74) is 2.77. The summed E-state index contributed by atoms with van der Waals surface area (Å²) in [5.74, 6) is 0. The molecule has 0 saturated carbocycles. The molecule has 1 heterocycles. The summed E-state index contributed by atoms with van der Waals surface area (Å²) in [6.07, 6.45) is -0.122. The van der Waals surface area contributed by atoms with Gasteiger partial charge in [-0.05, 0) is 6.92 Å². The molecular formula is C6H14N2O2. The van der Waals surface area contributed by atoms with E-state index in [1.165, 1.54) is 0 Å². The highest BCUT2D eigenvalue weighted by molar-refractivity contribution is 4.76. The second-order valence-electron chi connectivity index (χ2n) is 2.43. The van der Waals surface area contributed by atoms with Crippen molar-refractivity contribution in [1.29, 1.82) is 0 Å². The predicted octanol–water partition coefficient (Wildman–Crippen LogP) is -0.838. The number of rotatable bonds is 4. The molecule has 1 aliphatic heterocycles. The lowest BCUT2D eigenvalue weighted by Crippen LogP contribution is -2.53. The van der Waals surface area contributed by atoms with E-state index in [2.05, 4.69) is 10.4 Å². The maximum Gasteiger partial charge on any atom is 0.0794 e. The van der Waals surface area contributed by atoms with E-state index >= 15 is 0 Å².